The number of hydrogen-bond acceptors (Lipinski definition) is 3. The van der Waals surface area contributed by atoms with Crippen LogP contribution in [0.1, 0.15) is 84.5 Å². The van der Waals surface area contributed by atoms with Crippen LogP contribution in [0, 0.1) is 11.8 Å². The van der Waals surface area contributed by atoms with E-state index in [1.807, 2.05) is 6.92 Å². The minimum atomic E-state index is -0.0805. The van der Waals surface area contributed by atoms with Gasteiger partial charge in [-0.05, 0) is 38.5 Å². The number of ether oxygens (including phenoxy) is 1. The predicted octanol–water partition coefficient (Wildman–Crippen LogP) is 4.68. The summed E-state index contributed by atoms with van der Waals surface area (Å²) < 4.78 is 4.91. The lowest BCUT2D eigenvalue weighted by Crippen LogP contribution is -2.14. The second-order valence-electron chi connectivity index (χ2n) is 6.27. The summed E-state index contributed by atoms with van der Waals surface area (Å²) in [5.41, 5.74) is 0. The molecule has 21 heavy (non-hydrogen) atoms. The van der Waals surface area contributed by atoms with Crippen molar-refractivity contribution in [3.05, 3.63) is 0 Å². The van der Waals surface area contributed by atoms with Gasteiger partial charge in [-0.1, -0.05) is 39.0 Å². The van der Waals surface area contributed by atoms with Crippen molar-refractivity contribution in [2.75, 3.05) is 6.61 Å². The van der Waals surface area contributed by atoms with Gasteiger partial charge in [-0.3, -0.25) is 9.59 Å². The number of hydrogen-bond donors (Lipinski definition) is 0. The van der Waals surface area contributed by atoms with E-state index < -0.39 is 0 Å². The van der Waals surface area contributed by atoms with E-state index in [0.717, 1.165) is 44.9 Å². The molecule has 1 aliphatic carbocycles. The predicted molar refractivity (Wildman–Crippen MR) is 85.1 cm³/mol. The van der Waals surface area contributed by atoms with Crippen molar-refractivity contribution in [2.45, 2.75) is 84.5 Å². The van der Waals surface area contributed by atoms with Gasteiger partial charge < -0.3 is 4.74 Å². The maximum atomic E-state index is 12.0. The monoisotopic (exact) mass is 296 g/mol. The second-order valence-corrected chi connectivity index (χ2v) is 6.27. The maximum absolute atomic E-state index is 12.0. The molecule has 122 valence electrons. The van der Waals surface area contributed by atoms with Gasteiger partial charge in [0.15, 0.2) is 0 Å². The molecule has 0 spiro atoms. The summed E-state index contributed by atoms with van der Waals surface area (Å²) in [7, 11) is 0. The van der Waals surface area contributed by atoms with Gasteiger partial charge in [-0.2, -0.15) is 0 Å². The zero-order valence-corrected chi connectivity index (χ0v) is 13.9. The molecule has 1 aliphatic rings. The number of unbranched alkanes of at least 4 members (excludes halogenated alkanes) is 4. The van der Waals surface area contributed by atoms with E-state index in [2.05, 4.69) is 6.92 Å². The van der Waals surface area contributed by atoms with E-state index in [4.69, 9.17) is 4.74 Å². The van der Waals surface area contributed by atoms with Crippen molar-refractivity contribution in [3.8, 4) is 0 Å². The zero-order chi connectivity index (χ0) is 15.5. The lowest BCUT2D eigenvalue weighted by atomic mass is 9.86. The summed E-state index contributed by atoms with van der Waals surface area (Å²) >= 11 is 0. The standard InChI is InChI=1S/C18H32O3/c1-3-5-10-15-13-14-17(19)16(15)11-8-6-7-9-12-18(20)21-4-2/h15-16H,3-14H2,1-2H3/t15-,16+/m0/s1. The van der Waals surface area contributed by atoms with E-state index in [0.29, 0.717) is 30.6 Å². The van der Waals surface area contributed by atoms with Crippen LogP contribution in [-0.4, -0.2) is 18.4 Å². The van der Waals surface area contributed by atoms with Gasteiger partial charge in [0.05, 0.1) is 6.61 Å². The van der Waals surface area contributed by atoms with Gasteiger partial charge in [-0.15, -0.1) is 0 Å². The van der Waals surface area contributed by atoms with Gasteiger partial charge in [0.1, 0.15) is 5.78 Å². The fourth-order valence-electron chi connectivity index (χ4n) is 3.41. The minimum Gasteiger partial charge on any atom is -0.466 e. The topological polar surface area (TPSA) is 43.4 Å². The van der Waals surface area contributed by atoms with E-state index >= 15 is 0 Å². The normalized spacial score (nSPS) is 21.7. The average Bonchev–Trinajstić information content (AvgIpc) is 2.81. The Morgan fingerprint density at radius 1 is 1.10 bits per heavy atom. The highest BCUT2D eigenvalue weighted by molar-refractivity contribution is 5.83. The number of Topliss-reactive ketones (excluding diaryl/α,β-unsaturated/α-hetero) is 1. The van der Waals surface area contributed by atoms with Crippen LogP contribution < -0.4 is 0 Å². The van der Waals surface area contributed by atoms with Gasteiger partial charge in [0.2, 0.25) is 0 Å². The SMILES string of the molecule is CCCC[C@H]1CCC(=O)[C@@H]1CCCCCCC(=O)OCC. The molecule has 0 amide bonds. The molecule has 1 saturated carbocycles. The Labute approximate surface area is 129 Å². The molecule has 0 N–H and O–H groups in total. The van der Waals surface area contributed by atoms with E-state index in [1.54, 1.807) is 0 Å². The maximum Gasteiger partial charge on any atom is 0.305 e. The summed E-state index contributed by atoms with van der Waals surface area (Å²) in [6.45, 7) is 4.53. The Hall–Kier alpha value is -0.860. The molecule has 0 heterocycles. The van der Waals surface area contributed by atoms with E-state index in [9.17, 15) is 9.59 Å². The van der Waals surface area contributed by atoms with Crippen LogP contribution >= 0.6 is 0 Å². The number of carbonyl (C=O) groups excluding carboxylic acids is 2. The van der Waals surface area contributed by atoms with Crippen LogP contribution in [0.25, 0.3) is 0 Å². The highest BCUT2D eigenvalue weighted by atomic mass is 16.5. The van der Waals surface area contributed by atoms with Crippen LogP contribution in [0.15, 0.2) is 0 Å². The summed E-state index contributed by atoms with van der Waals surface area (Å²) in [6, 6.07) is 0. The van der Waals surface area contributed by atoms with Crippen molar-refractivity contribution >= 4 is 11.8 Å². The zero-order valence-electron chi connectivity index (χ0n) is 13.9. The summed E-state index contributed by atoms with van der Waals surface area (Å²) in [5.74, 6) is 1.41. The number of rotatable bonds is 11. The molecule has 0 unspecified atom stereocenters. The first-order chi connectivity index (χ1) is 10.2. The van der Waals surface area contributed by atoms with Gasteiger partial charge in [0, 0.05) is 18.8 Å². The first kappa shape index (κ1) is 18.2. The third-order valence-electron chi connectivity index (χ3n) is 4.62. The number of ketones is 1. The molecule has 0 aromatic carbocycles. The molecule has 0 saturated heterocycles. The van der Waals surface area contributed by atoms with Crippen LogP contribution in [-0.2, 0) is 14.3 Å². The van der Waals surface area contributed by atoms with Gasteiger partial charge >= 0.3 is 5.97 Å². The molecule has 0 radical (unpaired) electrons. The lowest BCUT2D eigenvalue weighted by Gasteiger charge is -2.17. The van der Waals surface area contributed by atoms with Crippen LogP contribution in [0.2, 0.25) is 0 Å². The van der Waals surface area contributed by atoms with Crippen LogP contribution in [0.5, 0.6) is 0 Å². The molecule has 0 aliphatic heterocycles. The summed E-state index contributed by atoms with van der Waals surface area (Å²) in [4.78, 5) is 23.2. The fourth-order valence-corrected chi connectivity index (χ4v) is 3.41. The van der Waals surface area contributed by atoms with Gasteiger partial charge in [0.25, 0.3) is 0 Å². The molecule has 3 nitrogen and oxygen atoms in total. The molecular formula is C18H32O3. The van der Waals surface area contributed by atoms with Crippen molar-refractivity contribution in [1.29, 1.82) is 0 Å². The van der Waals surface area contributed by atoms with Crippen molar-refractivity contribution in [1.82, 2.24) is 0 Å². The van der Waals surface area contributed by atoms with Crippen molar-refractivity contribution in [2.24, 2.45) is 11.8 Å². The highest BCUT2D eigenvalue weighted by Gasteiger charge is 2.33. The molecule has 0 aromatic heterocycles. The smallest absolute Gasteiger partial charge is 0.305 e. The molecule has 0 bridgehead atoms. The molecular weight excluding hydrogens is 264 g/mol. The molecule has 3 heteroatoms. The Kier molecular flexibility index (Phi) is 9.36. The molecule has 1 rings (SSSR count). The minimum absolute atomic E-state index is 0.0805. The van der Waals surface area contributed by atoms with Crippen LogP contribution in [0.3, 0.4) is 0 Å². The van der Waals surface area contributed by atoms with Crippen molar-refractivity contribution in [3.63, 3.8) is 0 Å². The largest absolute Gasteiger partial charge is 0.466 e. The molecule has 0 aromatic rings. The summed E-state index contributed by atoms with van der Waals surface area (Å²) in [6.07, 6.45) is 11.5. The average molecular weight is 296 g/mol. The van der Waals surface area contributed by atoms with Crippen LogP contribution in [0.4, 0.5) is 0 Å². The Morgan fingerprint density at radius 2 is 1.86 bits per heavy atom. The lowest BCUT2D eigenvalue weighted by molar-refractivity contribution is -0.143. The number of esters is 1. The first-order valence-corrected chi connectivity index (χ1v) is 8.87. The Balaban J connectivity index is 2.10. The van der Waals surface area contributed by atoms with Crippen molar-refractivity contribution < 1.29 is 14.3 Å². The van der Waals surface area contributed by atoms with Gasteiger partial charge in [-0.25, -0.2) is 0 Å². The fraction of sp³-hybridized carbons (Fsp3) is 0.889. The van der Waals surface area contributed by atoms with E-state index in [1.165, 1.54) is 19.3 Å². The third-order valence-corrected chi connectivity index (χ3v) is 4.62. The molecule has 1 fully saturated rings. The Morgan fingerprint density at radius 3 is 2.57 bits per heavy atom. The highest BCUT2D eigenvalue weighted by Crippen LogP contribution is 2.36. The second kappa shape index (κ2) is 10.8. The molecule has 2 atom stereocenters. The summed E-state index contributed by atoms with van der Waals surface area (Å²) in [5, 5.41) is 0. The number of carbonyl (C=O) groups is 2. The third kappa shape index (κ3) is 7.10. The Bertz CT molecular complexity index is 312. The van der Waals surface area contributed by atoms with E-state index in [-0.39, 0.29) is 5.97 Å². The first-order valence-electron chi connectivity index (χ1n) is 8.87. The quantitative estimate of drug-likeness (QED) is 0.411.